The Morgan fingerprint density at radius 1 is 1.31 bits per heavy atom. The molecule has 0 aliphatic carbocycles. The molecule has 0 spiro atoms. The SMILES string of the molecule is Cn1ccc(-c2ccccn2)c1O. The maximum absolute atomic E-state index is 9.61. The molecule has 0 aliphatic heterocycles. The van der Waals surface area contributed by atoms with Gasteiger partial charge in [-0.25, -0.2) is 0 Å². The van der Waals surface area contributed by atoms with Crippen LogP contribution in [0, 0.1) is 0 Å². The quantitative estimate of drug-likeness (QED) is 0.715. The van der Waals surface area contributed by atoms with Crippen molar-refractivity contribution in [2.45, 2.75) is 0 Å². The molecule has 1 N–H and O–H groups in total. The van der Waals surface area contributed by atoms with E-state index in [0.717, 1.165) is 11.3 Å². The van der Waals surface area contributed by atoms with Crippen LogP contribution >= 0.6 is 0 Å². The fourth-order valence-electron chi connectivity index (χ4n) is 1.24. The lowest BCUT2D eigenvalue weighted by molar-refractivity contribution is 0.434. The second-order valence-corrected chi connectivity index (χ2v) is 2.88. The highest BCUT2D eigenvalue weighted by atomic mass is 16.3. The topological polar surface area (TPSA) is 38.0 Å². The summed E-state index contributed by atoms with van der Waals surface area (Å²) in [5, 5.41) is 9.61. The Kier molecular flexibility index (Phi) is 1.77. The van der Waals surface area contributed by atoms with E-state index in [1.165, 1.54) is 0 Å². The van der Waals surface area contributed by atoms with Crippen molar-refractivity contribution in [1.82, 2.24) is 9.55 Å². The molecular formula is C10H10N2O. The van der Waals surface area contributed by atoms with E-state index in [9.17, 15) is 5.11 Å². The van der Waals surface area contributed by atoms with Crippen LogP contribution in [0.4, 0.5) is 0 Å². The number of nitrogens with zero attached hydrogens (tertiary/aromatic N) is 2. The zero-order valence-corrected chi connectivity index (χ0v) is 7.31. The maximum Gasteiger partial charge on any atom is 0.200 e. The lowest BCUT2D eigenvalue weighted by atomic mass is 10.2. The number of pyridine rings is 1. The molecule has 2 rings (SSSR count). The van der Waals surface area contributed by atoms with Crippen molar-refractivity contribution in [3.8, 4) is 17.1 Å². The standard InChI is InChI=1S/C10H10N2O/c1-12-7-5-8(10(12)13)9-4-2-3-6-11-9/h2-7,13H,1H3. The summed E-state index contributed by atoms with van der Waals surface area (Å²) in [6, 6.07) is 7.46. The number of hydrogen-bond acceptors (Lipinski definition) is 2. The Balaban J connectivity index is 2.53. The first-order chi connectivity index (χ1) is 6.29. The average molecular weight is 174 g/mol. The minimum atomic E-state index is 0.249. The van der Waals surface area contributed by atoms with Gasteiger partial charge in [0, 0.05) is 19.4 Å². The van der Waals surface area contributed by atoms with Crippen LogP contribution in [0.1, 0.15) is 0 Å². The van der Waals surface area contributed by atoms with Crippen molar-refractivity contribution in [2.75, 3.05) is 0 Å². The number of aromatic nitrogens is 2. The van der Waals surface area contributed by atoms with E-state index >= 15 is 0 Å². The minimum absolute atomic E-state index is 0.249. The van der Waals surface area contributed by atoms with Crippen molar-refractivity contribution >= 4 is 0 Å². The van der Waals surface area contributed by atoms with Gasteiger partial charge in [0.25, 0.3) is 0 Å². The van der Waals surface area contributed by atoms with Gasteiger partial charge < -0.3 is 9.67 Å². The van der Waals surface area contributed by atoms with Gasteiger partial charge in [0.1, 0.15) is 0 Å². The van der Waals surface area contributed by atoms with Crippen LogP contribution in [0.2, 0.25) is 0 Å². The Hall–Kier alpha value is -1.77. The van der Waals surface area contributed by atoms with Gasteiger partial charge in [-0.3, -0.25) is 4.98 Å². The second-order valence-electron chi connectivity index (χ2n) is 2.88. The predicted octanol–water partition coefficient (Wildman–Crippen LogP) is 1.79. The third kappa shape index (κ3) is 1.28. The molecule has 13 heavy (non-hydrogen) atoms. The number of hydrogen-bond donors (Lipinski definition) is 1. The first-order valence-corrected chi connectivity index (χ1v) is 4.05. The van der Waals surface area contributed by atoms with Gasteiger partial charge in [0.15, 0.2) is 5.88 Å². The number of aryl methyl sites for hydroxylation is 1. The molecule has 2 aromatic rings. The van der Waals surface area contributed by atoms with Crippen LogP contribution in [0.3, 0.4) is 0 Å². The summed E-state index contributed by atoms with van der Waals surface area (Å²) in [5.41, 5.74) is 1.56. The largest absolute Gasteiger partial charge is 0.494 e. The Morgan fingerprint density at radius 3 is 2.69 bits per heavy atom. The zero-order valence-electron chi connectivity index (χ0n) is 7.31. The molecule has 3 heteroatoms. The fraction of sp³-hybridized carbons (Fsp3) is 0.100. The van der Waals surface area contributed by atoms with Crippen LogP contribution in [0.15, 0.2) is 36.7 Å². The lowest BCUT2D eigenvalue weighted by Crippen LogP contribution is -1.84. The van der Waals surface area contributed by atoms with Gasteiger partial charge in [-0.05, 0) is 18.2 Å². The zero-order chi connectivity index (χ0) is 9.26. The smallest absolute Gasteiger partial charge is 0.200 e. The van der Waals surface area contributed by atoms with Gasteiger partial charge in [-0.15, -0.1) is 0 Å². The highest BCUT2D eigenvalue weighted by Gasteiger charge is 2.07. The summed E-state index contributed by atoms with van der Waals surface area (Å²) in [6.07, 6.45) is 3.52. The van der Waals surface area contributed by atoms with Crippen molar-refractivity contribution in [3.63, 3.8) is 0 Å². The first kappa shape index (κ1) is 7.86. The molecular weight excluding hydrogens is 164 g/mol. The van der Waals surface area contributed by atoms with Gasteiger partial charge >= 0.3 is 0 Å². The molecule has 2 heterocycles. The van der Waals surface area contributed by atoms with Gasteiger partial charge in [-0.1, -0.05) is 6.07 Å². The minimum Gasteiger partial charge on any atom is -0.494 e. The number of aromatic hydroxyl groups is 1. The summed E-state index contributed by atoms with van der Waals surface area (Å²) in [4.78, 5) is 4.15. The molecule has 66 valence electrons. The van der Waals surface area contributed by atoms with Gasteiger partial charge in [0.05, 0.1) is 11.3 Å². The highest BCUT2D eigenvalue weighted by molar-refractivity contribution is 5.64. The third-order valence-electron chi connectivity index (χ3n) is 1.98. The van der Waals surface area contributed by atoms with Crippen molar-refractivity contribution in [1.29, 1.82) is 0 Å². The summed E-state index contributed by atoms with van der Waals surface area (Å²) < 4.78 is 1.66. The predicted molar refractivity (Wildman–Crippen MR) is 50.3 cm³/mol. The Bertz CT molecular complexity index is 406. The second kappa shape index (κ2) is 2.94. The molecule has 0 amide bonds. The van der Waals surface area contributed by atoms with E-state index < -0.39 is 0 Å². The highest BCUT2D eigenvalue weighted by Crippen LogP contribution is 2.27. The van der Waals surface area contributed by atoms with Crippen LogP contribution < -0.4 is 0 Å². The third-order valence-corrected chi connectivity index (χ3v) is 1.98. The monoisotopic (exact) mass is 174 g/mol. The van der Waals surface area contributed by atoms with Crippen LogP contribution in [-0.2, 0) is 7.05 Å². The van der Waals surface area contributed by atoms with Crippen LogP contribution in [0.25, 0.3) is 11.3 Å². The molecule has 0 unspecified atom stereocenters. The van der Waals surface area contributed by atoms with Gasteiger partial charge in [-0.2, -0.15) is 0 Å². The molecule has 0 aromatic carbocycles. The summed E-state index contributed by atoms with van der Waals surface area (Å²) in [6.45, 7) is 0. The van der Waals surface area contributed by atoms with Crippen molar-refractivity contribution < 1.29 is 5.11 Å². The van der Waals surface area contributed by atoms with Crippen molar-refractivity contribution in [2.24, 2.45) is 7.05 Å². The van der Waals surface area contributed by atoms with Crippen molar-refractivity contribution in [3.05, 3.63) is 36.7 Å². The Morgan fingerprint density at radius 2 is 2.15 bits per heavy atom. The summed E-state index contributed by atoms with van der Waals surface area (Å²) >= 11 is 0. The molecule has 0 fully saturated rings. The molecule has 0 aliphatic rings. The molecule has 2 aromatic heterocycles. The normalized spacial score (nSPS) is 10.2. The summed E-state index contributed by atoms with van der Waals surface area (Å²) in [7, 11) is 1.79. The van der Waals surface area contributed by atoms with E-state index in [1.807, 2.05) is 24.3 Å². The van der Waals surface area contributed by atoms with E-state index in [0.29, 0.717) is 0 Å². The molecule has 3 nitrogen and oxygen atoms in total. The Labute approximate surface area is 76.3 Å². The number of rotatable bonds is 1. The lowest BCUT2D eigenvalue weighted by Gasteiger charge is -1.98. The van der Waals surface area contributed by atoms with Gasteiger partial charge in [0.2, 0.25) is 0 Å². The van der Waals surface area contributed by atoms with E-state index in [1.54, 1.807) is 24.0 Å². The van der Waals surface area contributed by atoms with E-state index in [2.05, 4.69) is 4.98 Å². The molecule has 0 radical (unpaired) electrons. The molecule has 0 bridgehead atoms. The summed E-state index contributed by atoms with van der Waals surface area (Å²) in [5.74, 6) is 0.249. The maximum atomic E-state index is 9.61. The van der Waals surface area contributed by atoms with Crippen LogP contribution in [0.5, 0.6) is 5.88 Å². The fourth-order valence-corrected chi connectivity index (χ4v) is 1.24. The van der Waals surface area contributed by atoms with E-state index in [-0.39, 0.29) is 5.88 Å². The first-order valence-electron chi connectivity index (χ1n) is 4.05. The van der Waals surface area contributed by atoms with E-state index in [4.69, 9.17) is 0 Å². The molecule has 0 saturated carbocycles. The molecule has 0 atom stereocenters. The molecule has 0 saturated heterocycles. The average Bonchev–Trinajstić information content (AvgIpc) is 2.49. The van der Waals surface area contributed by atoms with Crippen LogP contribution in [-0.4, -0.2) is 14.7 Å².